The summed E-state index contributed by atoms with van der Waals surface area (Å²) in [5.41, 5.74) is 1.92. The Hall–Kier alpha value is -2.34. The van der Waals surface area contributed by atoms with Gasteiger partial charge >= 0.3 is 5.97 Å². The van der Waals surface area contributed by atoms with Crippen LogP contribution in [0.15, 0.2) is 30.9 Å². The number of rotatable bonds is 9. The fraction of sp³-hybridized carbons (Fsp3) is 0.375. The van der Waals surface area contributed by atoms with E-state index in [-0.39, 0.29) is 19.8 Å². The third-order valence-corrected chi connectivity index (χ3v) is 2.86. The van der Waals surface area contributed by atoms with E-state index in [2.05, 4.69) is 11.9 Å². The number of aliphatic carboxylic acids is 1. The van der Waals surface area contributed by atoms with Crippen molar-refractivity contribution in [3.8, 4) is 5.75 Å². The van der Waals surface area contributed by atoms with E-state index in [0.29, 0.717) is 5.75 Å². The largest absolute Gasteiger partial charge is 0.483 e. The van der Waals surface area contributed by atoms with Crippen molar-refractivity contribution in [2.75, 3.05) is 19.8 Å². The van der Waals surface area contributed by atoms with Crippen molar-refractivity contribution in [1.29, 1.82) is 0 Å². The SMILES string of the molecule is C=CCOCC(NC(=O)COc1cc(C)ccc1C)C(=O)O. The molecule has 0 fully saturated rings. The average Bonchev–Trinajstić information content (AvgIpc) is 2.47. The molecular weight excluding hydrogens is 286 g/mol. The van der Waals surface area contributed by atoms with Crippen molar-refractivity contribution in [3.63, 3.8) is 0 Å². The Kier molecular flexibility index (Phi) is 7.12. The smallest absolute Gasteiger partial charge is 0.328 e. The molecule has 0 radical (unpaired) electrons. The molecule has 0 saturated heterocycles. The van der Waals surface area contributed by atoms with Crippen LogP contribution in [0.5, 0.6) is 5.75 Å². The average molecular weight is 307 g/mol. The molecule has 1 amide bonds. The van der Waals surface area contributed by atoms with Gasteiger partial charge in [0, 0.05) is 0 Å². The third kappa shape index (κ3) is 5.97. The molecule has 6 nitrogen and oxygen atoms in total. The molecule has 0 bridgehead atoms. The van der Waals surface area contributed by atoms with Crippen molar-refractivity contribution < 1.29 is 24.2 Å². The number of benzene rings is 1. The van der Waals surface area contributed by atoms with Crippen LogP contribution in [0.3, 0.4) is 0 Å². The zero-order valence-electron chi connectivity index (χ0n) is 12.8. The third-order valence-electron chi connectivity index (χ3n) is 2.86. The standard InChI is InChI=1S/C16H21NO5/c1-4-7-21-9-13(16(19)20)17-15(18)10-22-14-8-11(2)5-6-12(14)3/h4-6,8,13H,1,7,9-10H2,2-3H3,(H,17,18)(H,19,20). The second-order valence-electron chi connectivity index (χ2n) is 4.84. The second kappa shape index (κ2) is 8.84. The van der Waals surface area contributed by atoms with Gasteiger partial charge in [0.1, 0.15) is 5.75 Å². The molecule has 0 saturated carbocycles. The maximum atomic E-state index is 11.8. The van der Waals surface area contributed by atoms with Crippen molar-refractivity contribution in [2.24, 2.45) is 0 Å². The lowest BCUT2D eigenvalue weighted by molar-refractivity contribution is -0.143. The van der Waals surface area contributed by atoms with Gasteiger partial charge < -0.3 is 19.9 Å². The van der Waals surface area contributed by atoms with Crippen LogP contribution in [0, 0.1) is 13.8 Å². The Morgan fingerprint density at radius 1 is 1.41 bits per heavy atom. The molecule has 120 valence electrons. The fourth-order valence-electron chi connectivity index (χ4n) is 1.69. The number of carboxylic acid groups (broad SMARTS) is 1. The molecule has 0 aromatic heterocycles. The topological polar surface area (TPSA) is 84.9 Å². The number of carbonyl (C=O) groups is 2. The normalized spacial score (nSPS) is 11.5. The Balaban J connectivity index is 2.51. The van der Waals surface area contributed by atoms with Crippen LogP contribution in [0.2, 0.25) is 0 Å². The molecule has 0 aliphatic heterocycles. The number of aryl methyl sites for hydroxylation is 2. The maximum absolute atomic E-state index is 11.8. The highest BCUT2D eigenvalue weighted by molar-refractivity contribution is 5.84. The van der Waals surface area contributed by atoms with Gasteiger partial charge in [-0.3, -0.25) is 4.79 Å². The molecule has 0 aliphatic carbocycles. The van der Waals surface area contributed by atoms with Gasteiger partial charge in [0.05, 0.1) is 13.2 Å². The minimum Gasteiger partial charge on any atom is -0.483 e. The Bertz CT molecular complexity index is 541. The highest BCUT2D eigenvalue weighted by atomic mass is 16.5. The highest BCUT2D eigenvalue weighted by Crippen LogP contribution is 2.18. The first-order valence-corrected chi connectivity index (χ1v) is 6.85. The molecule has 6 heteroatoms. The van der Waals surface area contributed by atoms with E-state index in [0.717, 1.165) is 11.1 Å². The first-order chi connectivity index (χ1) is 10.4. The van der Waals surface area contributed by atoms with Gasteiger partial charge in [-0.25, -0.2) is 4.79 Å². The van der Waals surface area contributed by atoms with Crippen molar-refractivity contribution in [3.05, 3.63) is 42.0 Å². The number of carboxylic acids is 1. The summed E-state index contributed by atoms with van der Waals surface area (Å²) in [5, 5.41) is 11.4. The lowest BCUT2D eigenvalue weighted by atomic mass is 10.1. The second-order valence-corrected chi connectivity index (χ2v) is 4.84. The minimum absolute atomic E-state index is 0.128. The van der Waals surface area contributed by atoms with Gasteiger partial charge in [0.25, 0.3) is 5.91 Å². The van der Waals surface area contributed by atoms with Gasteiger partial charge in [0.15, 0.2) is 12.6 Å². The van der Waals surface area contributed by atoms with Gasteiger partial charge in [-0.1, -0.05) is 18.2 Å². The monoisotopic (exact) mass is 307 g/mol. The van der Waals surface area contributed by atoms with Crippen LogP contribution in [-0.4, -0.2) is 42.8 Å². The van der Waals surface area contributed by atoms with Crippen LogP contribution < -0.4 is 10.1 Å². The minimum atomic E-state index is -1.16. The summed E-state index contributed by atoms with van der Waals surface area (Å²) in [6, 6.07) is 4.55. The van der Waals surface area contributed by atoms with E-state index in [1.165, 1.54) is 6.08 Å². The molecule has 1 unspecified atom stereocenters. The van der Waals surface area contributed by atoms with Gasteiger partial charge in [-0.2, -0.15) is 0 Å². The van der Waals surface area contributed by atoms with Gasteiger partial charge in [-0.15, -0.1) is 6.58 Å². The number of amides is 1. The summed E-state index contributed by atoms with van der Waals surface area (Å²) >= 11 is 0. The Morgan fingerprint density at radius 3 is 2.77 bits per heavy atom. The number of ether oxygens (including phenoxy) is 2. The molecule has 1 aromatic carbocycles. The Morgan fingerprint density at radius 2 is 2.14 bits per heavy atom. The lowest BCUT2D eigenvalue weighted by Crippen LogP contribution is -2.45. The zero-order chi connectivity index (χ0) is 16.5. The molecule has 0 aliphatic rings. The first-order valence-electron chi connectivity index (χ1n) is 6.85. The summed E-state index contributed by atoms with van der Waals surface area (Å²) in [4.78, 5) is 22.8. The maximum Gasteiger partial charge on any atom is 0.328 e. The zero-order valence-corrected chi connectivity index (χ0v) is 12.8. The predicted octanol–water partition coefficient (Wildman–Crippen LogP) is 1.45. The molecular formula is C16H21NO5. The van der Waals surface area contributed by atoms with Crippen LogP contribution in [0.4, 0.5) is 0 Å². The van der Waals surface area contributed by atoms with E-state index < -0.39 is 17.9 Å². The highest BCUT2D eigenvalue weighted by Gasteiger charge is 2.20. The van der Waals surface area contributed by atoms with Crippen LogP contribution >= 0.6 is 0 Å². The van der Waals surface area contributed by atoms with E-state index in [4.69, 9.17) is 14.6 Å². The van der Waals surface area contributed by atoms with E-state index in [9.17, 15) is 9.59 Å². The summed E-state index contributed by atoms with van der Waals surface area (Å²) in [7, 11) is 0. The molecule has 0 spiro atoms. The number of hydrogen-bond donors (Lipinski definition) is 2. The van der Waals surface area contributed by atoms with Gasteiger partial charge in [-0.05, 0) is 31.0 Å². The fourth-order valence-corrected chi connectivity index (χ4v) is 1.69. The van der Waals surface area contributed by atoms with E-state index in [1.807, 2.05) is 32.0 Å². The Labute approximate surface area is 129 Å². The van der Waals surface area contributed by atoms with Gasteiger partial charge in [0.2, 0.25) is 0 Å². The number of carbonyl (C=O) groups excluding carboxylic acids is 1. The summed E-state index contributed by atoms with van der Waals surface area (Å²) in [6.45, 7) is 7.09. The summed E-state index contributed by atoms with van der Waals surface area (Å²) in [5.74, 6) is -1.08. The molecule has 1 rings (SSSR count). The molecule has 22 heavy (non-hydrogen) atoms. The molecule has 1 aromatic rings. The van der Waals surface area contributed by atoms with E-state index >= 15 is 0 Å². The first kappa shape index (κ1) is 17.7. The van der Waals surface area contributed by atoms with Crippen LogP contribution in [-0.2, 0) is 14.3 Å². The predicted molar refractivity (Wildman–Crippen MR) is 82.0 cm³/mol. The van der Waals surface area contributed by atoms with E-state index in [1.54, 1.807) is 0 Å². The number of nitrogens with one attached hydrogen (secondary N) is 1. The summed E-state index contributed by atoms with van der Waals surface area (Å²) in [6.07, 6.45) is 1.50. The quantitative estimate of drug-likeness (QED) is 0.533. The van der Waals surface area contributed by atoms with Crippen LogP contribution in [0.25, 0.3) is 0 Å². The van der Waals surface area contributed by atoms with Crippen LogP contribution in [0.1, 0.15) is 11.1 Å². The van der Waals surface area contributed by atoms with Crippen molar-refractivity contribution >= 4 is 11.9 Å². The lowest BCUT2D eigenvalue weighted by Gasteiger charge is -2.15. The summed E-state index contributed by atoms with van der Waals surface area (Å²) < 4.78 is 10.5. The molecule has 2 N–H and O–H groups in total. The van der Waals surface area contributed by atoms with Crippen molar-refractivity contribution in [1.82, 2.24) is 5.32 Å². The number of hydrogen-bond acceptors (Lipinski definition) is 4. The van der Waals surface area contributed by atoms with Crippen molar-refractivity contribution in [2.45, 2.75) is 19.9 Å². The molecule has 0 heterocycles. The molecule has 1 atom stereocenters.